The third kappa shape index (κ3) is 5.21. The Hall–Kier alpha value is -1.55. The molecular weight excluding hydrogens is 252 g/mol. The van der Waals surface area contributed by atoms with Gasteiger partial charge in [-0.25, -0.2) is 0 Å². The van der Waals surface area contributed by atoms with Crippen molar-refractivity contribution in [3.8, 4) is 5.75 Å². The highest BCUT2D eigenvalue weighted by atomic mass is 16.5. The van der Waals surface area contributed by atoms with Crippen LogP contribution in [0.4, 0.5) is 0 Å². The van der Waals surface area contributed by atoms with Crippen LogP contribution in [-0.4, -0.2) is 30.5 Å². The molecule has 110 valence electrons. The van der Waals surface area contributed by atoms with E-state index in [2.05, 4.69) is 17.0 Å². The monoisotopic (exact) mass is 276 g/mol. The molecule has 0 spiro atoms. The lowest BCUT2D eigenvalue weighted by atomic mass is 10.1. The molecule has 1 aromatic rings. The van der Waals surface area contributed by atoms with E-state index in [1.807, 2.05) is 12.1 Å². The van der Waals surface area contributed by atoms with Crippen LogP contribution in [0.1, 0.15) is 37.7 Å². The maximum absolute atomic E-state index is 10.6. The molecule has 4 nitrogen and oxygen atoms in total. The molecule has 0 saturated carbocycles. The predicted molar refractivity (Wildman–Crippen MR) is 79.5 cm³/mol. The highest BCUT2D eigenvalue weighted by Crippen LogP contribution is 2.17. The molecule has 0 aliphatic carbocycles. The summed E-state index contributed by atoms with van der Waals surface area (Å²) in [4.78, 5) is 13.1. The maximum Gasteiger partial charge on any atom is 0.217 e. The zero-order valence-corrected chi connectivity index (χ0v) is 12.0. The molecule has 2 rings (SSSR count). The molecule has 1 aliphatic heterocycles. The molecule has 0 bridgehead atoms. The number of carbonyl (C=O) groups is 1. The van der Waals surface area contributed by atoms with Gasteiger partial charge in [-0.05, 0) is 50.0 Å². The highest BCUT2D eigenvalue weighted by Gasteiger charge is 2.10. The summed E-state index contributed by atoms with van der Waals surface area (Å²) in [5.74, 6) is 0.608. The average Bonchev–Trinajstić information content (AvgIpc) is 2.45. The van der Waals surface area contributed by atoms with Crippen LogP contribution in [0.5, 0.6) is 5.75 Å². The van der Waals surface area contributed by atoms with Gasteiger partial charge in [0.25, 0.3) is 0 Å². The Bertz CT molecular complexity index is 428. The fourth-order valence-electron chi connectivity index (χ4n) is 2.55. The van der Waals surface area contributed by atoms with E-state index in [-0.39, 0.29) is 5.91 Å². The van der Waals surface area contributed by atoms with Gasteiger partial charge in [-0.3, -0.25) is 9.69 Å². The number of amides is 1. The summed E-state index contributed by atoms with van der Waals surface area (Å²) in [5, 5.41) is 0. The van der Waals surface area contributed by atoms with Crippen LogP contribution >= 0.6 is 0 Å². The third-order valence-corrected chi connectivity index (χ3v) is 3.59. The average molecular weight is 276 g/mol. The van der Waals surface area contributed by atoms with Gasteiger partial charge >= 0.3 is 0 Å². The molecule has 1 amide bonds. The van der Waals surface area contributed by atoms with Crippen LogP contribution in [0.25, 0.3) is 0 Å². The van der Waals surface area contributed by atoms with Crippen molar-refractivity contribution in [3.63, 3.8) is 0 Å². The first-order chi connectivity index (χ1) is 9.74. The largest absolute Gasteiger partial charge is 0.494 e. The van der Waals surface area contributed by atoms with E-state index in [0.29, 0.717) is 19.4 Å². The van der Waals surface area contributed by atoms with Crippen LogP contribution < -0.4 is 10.5 Å². The number of piperidine rings is 1. The Kier molecular flexibility index (Phi) is 5.87. The molecule has 0 unspecified atom stereocenters. The van der Waals surface area contributed by atoms with Gasteiger partial charge in [-0.15, -0.1) is 0 Å². The van der Waals surface area contributed by atoms with E-state index < -0.39 is 0 Å². The molecular formula is C16H24N2O2. The fraction of sp³-hybridized carbons (Fsp3) is 0.562. The SMILES string of the molecule is NC(=O)CCCOc1cccc(CN2CCCCC2)c1. The van der Waals surface area contributed by atoms with Gasteiger partial charge < -0.3 is 10.5 Å². The second-order valence-corrected chi connectivity index (χ2v) is 5.40. The van der Waals surface area contributed by atoms with Gasteiger partial charge in [0, 0.05) is 13.0 Å². The lowest BCUT2D eigenvalue weighted by molar-refractivity contribution is -0.118. The Labute approximate surface area is 120 Å². The molecule has 2 N–H and O–H groups in total. The minimum Gasteiger partial charge on any atom is -0.494 e. The number of primary amides is 1. The number of hydrogen-bond acceptors (Lipinski definition) is 3. The van der Waals surface area contributed by atoms with Gasteiger partial charge in [0.1, 0.15) is 5.75 Å². The highest BCUT2D eigenvalue weighted by molar-refractivity contribution is 5.73. The number of carbonyl (C=O) groups excluding carboxylic acids is 1. The molecule has 0 radical (unpaired) electrons. The number of nitrogens with two attached hydrogens (primary N) is 1. The molecule has 1 aromatic carbocycles. The fourth-order valence-corrected chi connectivity index (χ4v) is 2.55. The maximum atomic E-state index is 10.6. The normalized spacial score (nSPS) is 16.0. The molecule has 20 heavy (non-hydrogen) atoms. The summed E-state index contributed by atoms with van der Waals surface area (Å²) in [6, 6.07) is 8.23. The van der Waals surface area contributed by atoms with Crippen LogP contribution in [0.15, 0.2) is 24.3 Å². The molecule has 0 atom stereocenters. The van der Waals surface area contributed by atoms with E-state index in [9.17, 15) is 4.79 Å². The number of rotatable bonds is 7. The van der Waals surface area contributed by atoms with Crippen molar-refractivity contribution in [1.29, 1.82) is 0 Å². The molecule has 4 heteroatoms. The van der Waals surface area contributed by atoms with Gasteiger partial charge in [-0.2, -0.15) is 0 Å². The Balaban J connectivity index is 1.79. The van der Waals surface area contributed by atoms with Gasteiger partial charge in [0.15, 0.2) is 0 Å². The Morgan fingerprint density at radius 3 is 2.80 bits per heavy atom. The minimum absolute atomic E-state index is 0.271. The second-order valence-electron chi connectivity index (χ2n) is 5.40. The third-order valence-electron chi connectivity index (χ3n) is 3.59. The first kappa shape index (κ1) is 14.9. The zero-order chi connectivity index (χ0) is 14.2. The lowest BCUT2D eigenvalue weighted by Crippen LogP contribution is -2.29. The summed E-state index contributed by atoms with van der Waals surface area (Å²) in [7, 11) is 0. The Morgan fingerprint density at radius 2 is 2.05 bits per heavy atom. The van der Waals surface area contributed by atoms with Crippen LogP contribution in [0.2, 0.25) is 0 Å². The Morgan fingerprint density at radius 1 is 1.25 bits per heavy atom. The quantitative estimate of drug-likeness (QED) is 0.778. The number of nitrogens with zero attached hydrogens (tertiary/aromatic N) is 1. The molecule has 1 saturated heterocycles. The van der Waals surface area contributed by atoms with Crippen molar-refractivity contribution in [2.45, 2.75) is 38.6 Å². The van der Waals surface area contributed by atoms with Crippen molar-refractivity contribution in [1.82, 2.24) is 4.90 Å². The van der Waals surface area contributed by atoms with Crippen molar-refractivity contribution < 1.29 is 9.53 Å². The number of ether oxygens (including phenoxy) is 1. The number of hydrogen-bond donors (Lipinski definition) is 1. The minimum atomic E-state index is -0.271. The van der Waals surface area contributed by atoms with Crippen molar-refractivity contribution in [3.05, 3.63) is 29.8 Å². The molecule has 0 aromatic heterocycles. The standard InChI is InChI=1S/C16H24N2O2/c17-16(19)8-5-11-20-15-7-4-6-14(12-15)13-18-9-2-1-3-10-18/h4,6-7,12H,1-3,5,8-11,13H2,(H2,17,19). The van der Waals surface area contributed by atoms with Crippen LogP contribution in [-0.2, 0) is 11.3 Å². The molecule has 1 fully saturated rings. The van der Waals surface area contributed by atoms with Crippen molar-refractivity contribution in [2.75, 3.05) is 19.7 Å². The van der Waals surface area contributed by atoms with Gasteiger partial charge in [0.2, 0.25) is 5.91 Å². The topological polar surface area (TPSA) is 55.6 Å². The summed E-state index contributed by atoms with van der Waals surface area (Å²) in [6.45, 7) is 3.93. The summed E-state index contributed by atoms with van der Waals surface area (Å²) in [6.07, 6.45) is 5.03. The first-order valence-electron chi connectivity index (χ1n) is 7.46. The molecule has 1 heterocycles. The van der Waals surface area contributed by atoms with E-state index >= 15 is 0 Å². The van der Waals surface area contributed by atoms with E-state index in [1.54, 1.807) is 0 Å². The van der Waals surface area contributed by atoms with Crippen LogP contribution in [0, 0.1) is 0 Å². The van der Waals surface area contributed by atoms with E-state index in [4.69, 9.17) is 10.5 Å². The predicted octanol–water partition coefficient (Wildman–Crippen LogP) is 2.32. The summed E-state index contributed by atoms with van der Waals surface area (Å²) in [5.41, 5.74) is 6.39. The summed E-state index contributed by atoms with van der Waals surface area (Å²) < 4.78 is 5.66. The van der Waals surface area contributed by atoms with Gasteiger partial charge in [-0.1, -0.05) is 18.6 Å². The van der Waals surface area contributed by atoms with Gasteiger partial charge in [0.05, 0.1) is 6.61 Å². The molecule has 1 aliphatic rings. The smallest absolute Gasteiger partial charge is 0.217 e. The number of likely N-dealkylation sites (tertiary alicyclic amines) is 1. The van der Waals surface area contributed by atoms with Crippen LogP contribution in [0.3, 0.4) is 0 Å². The van der Waals surface area contributed by atoms with Crippen molar-refractivity contribution in [2.24, 2.45) is 5.73 Å². The zero-order valence-electron chi connectivity index (χ0n) is 12.0. The summed E-state index contributed by atoms with van der Waals surface area (Å²) >= 11 is 0. The first-order valence-corrected chi connectivity index (χ1v) is 7.46. The van der Waals surface area contributed by atoms with E-state index in [1.165, 1.54) is 37.9 Å². The van der Waals surface area contributed by atoms with Crippen molar-refractivity contribution >= 4 is 5.91 Å². The lowest BCUT2D eigenvalue weighted by Gasteiger charge is -2.26. The second kappa shape index (κ2) is 7.90. The van der Waals surface area contributed by atoms with E-state index in [0.717, 1.165) is 12.3 Å². The number of benzene rings is 1.